The van der Waals surface area contributed by atoms with Crippen LogP contribution in [-0.2, 0) is 13.0 Å². The lowest BCUT2D eigenvalue weighted by Gasteiger charge is -2.17. The number of benzene rings is 1. The van der Waals surface area contributed by atoms with Crippen LogP contribution >= 0.6 is 35.3 Å². The molecule has 0 amide bonds. The second kappa shape index (κ2) is 10.2. The van der Waals surface area contributed by atoms with Crippen LogP contribution in [0.15, 0.2) is 34.0 Å². The Labute approximate surface area is 182 Å². The molecule has 0 saturated heterocycles. The van der Waals surface area contributed by atoms with Crippen molar-refractivity contribution < 1.29 is 9.47 Å². The number of rotatable bonds is 6. The number of hydrogen-bond acceptors (Lipinski definition) is 4. The van der Waals surface area contributed by atoms with Crippen molar-refractivity contribution in [3.8, 4) is 11.5 Å². The molecule has 1 aromatic heterocycles. The van der Waals surface area contributed by atoms with Crippen molar-refractivity contribution in [3.05, 3.63) is 45.6 Å². The van der Waals surface area contributed by atoms with E-state index in [0.29, 0.717) is 12.5 Å². The van der Waals surface area contributed by atoms with Gasteiger partial charge in [-0.25, -0.2) is 0 Å². The van der Waals surface area contributed by atoms with E-state index in [1.807, 2.05) is 0 Å². The molecule has 3 rings (SSSR count). The second-order valence-electron chi connectivity index (χ2n) is 6.67. The largest absolute Gasteiger partial charge is 0.496 e. The smallest absolute Gasteiger partial charge is 0.191 e. The Bertz CT molecular complexity index is 765. The molecule has 5 nitrogen and oxygen atoms in total. The fraction of sp³-hybridized carbons (Fsp3) is 0.450. The average molecular weight is 501 g/mol. The molecule has 1 aromatic carbocycles. The lowest BCUT2D eigenvalue weighted by atomic mass is 10.1. The molecule has 0 spiro atoms. The fourth-order valence-electron chi connectivity index (χ4n) is 3.13. The van der Waals surface area contributed by atoms with Gasteiger partial charge in [-0.3, -0.25) is 4.99 Å². The van der Waals surface area contributed by atoms with Crippen molar-refractivity contribution >= 4 is 41.3 Å². The van der Waals surface area contributed by atoms with Gasteiger partial charge in [-0.15, -0.1) is 24.0 Å². The summed E-state index contributed by atoms with van der Waals surface area (Å²) < 4.78 is 11.4. The minimum Gasteiger partial charge on any atom is -0.496 e. The van der Waals surface area contributed by atoms with Crippen molar-refractivity contribution in [3.63, 3.8) is 0 Å². The number of nitrogens with zero attached hydrogens (tertiary/aromatic N) is 1. The summed E-state index contributed by atoms with van der Waals surface area (Å²) >= 11 is 1.73. The van der Waals surface area contributed by atoms with Crippen molar-refractivity contribution in [2.24, 2.45) is 4.99 Å². The third-order valence-electron chi connectivity index (χ3n) is 4.66. The van der Waals surface area contributed by atoms with E-state index in [1.54, 1.807) is 25.5 Å². The standard InChI is InChI=1S/C20H27N3O2S.HI/c1-13(15-5-6-26-12-15)10-22-20(21-3)23-11-17-9-19-16(7-14(2)25-19)8-18(17)24-4;/h5-6,8-9,12-14H,7,10-11H2,1-4H3,(H2,21,22,23);1H. The Kier molecular flexibility index (Phi) is 8.22. The number of halogens is 1. The van der Waals surface area contributed by atoms with Gasteiger partial charge >= 0.3 is 0 Å². The number of nitrogens with one attached hydrogen (secondary N) is 2. The number of aliphatic imine (C=N–C) groups is 1. The maximum Gasteiger partial charge on any atom is 0.191 e. The van der Waals surface area contributed by atoms with Gasteiger partial charge in [-0.05, 0) is 47.4 Å². The summed E-state index contributed by atoms with van der Waals surface area (Å²) in [7, 11) is 3.50. The number of guanidine groups is 1. The van der Waals surface area contributed by atoms with E-state index in [4.69, 9.17) is 9.47 Å². The zero-order valence-corrected chi connectivity index (χ0v) is 19.4. The van der Waals surface area contributed by atoms with Crippen molar-refractivity contribution in [1.82, 2.24) is 10.6 Å². The Morgan fingerprint density at radius 1 is 1.41 bits per heavy atom. The molecular weight excluding hydrogens is 473 g/mol. The first-order valence-corrected chi connectivity index (χ1v) is 9.88. The normalized spacial score (nSPS) is 16.7. The number of thiophene rings is 1. The predicted molar refractivity (Wildman–Crippen MR) is 123 cm³/mol. The number of ether oxygens (including phenoxy) is 2. The maximum absolute atomic E-state index is 5.87. The van der Waals surface area contributed by atoms with Crippen LogP contribution in [0, 0.1) is 0 Å². The predicted octanol–water partition coefficient (Wildman–Crippen LogP) is 4.17. The van der Waals surface area contributed by atoms with Gasteiger partial charge < -0.3 is 20.1 Å². The van der Waals surface area contributed by atoms with E-state index < -0.39 is 0 Å². The molecule has 2 aromatic rings. The average Bonchev–Trinajstić information content (AvgIpc) is 3.29. The molecule has 1 aliphatic rings. The molecule has 0 radical (unpaired) electrons. The van der Waals surface area contributed by atoms with Gasteiger partial charge in [0.15, 0.2) is 5.96 Å². The van der Waals surface area contributed by atoms with Gasteiger partial charge in [-0.1, -0.05) is 6.92 Å². The molecule has 0 aliphatic carbocycles. The van der Waals surface area contributed by atoms with Gasteiger partial charge in [0.05, 0.1) is 7.11 Å². The Morgan fingerprint density at radius 3 is 2.89 bits per heavy atom. The Hall–Kier alpha value is -1.48. The highest BCUT2D eigenvalue weighted by atomic mass is 127. The van der Waals surface area contributed by atoms with E-state index in [0.717, 1.165) is 36.0 Å². The molecule has 2 N–H and O–H groups in total. The van der Waals surface area contributed by atoms with Gasteiger partial charge in [-0.2, -0.15) is 11.3 Å². The lowest BCUT2D eigenvalue weighted by Crippen LogP contribution is -2.38. The highest BCUT2D eigenvalue weighted by Crippen LogP contribution is 2.34. The fourth-order valence-corrected chi connectivity index (χ4v) is 3.91. The van der Waals surface area contributed by atoms with Crippen LogP contribution in [0.25, 0.3) is 0 Å². The summed E-state index contributed by atoms with van der Waals surface area (Å²) in [6.07, 6.45) is 1.16. The van der Waals surface area contributed by atoms with Crippen molar-refractivity contribution in [1.29, 1.82) is 0 Å². The van der Waals surface area contributed by atoms with Crippen LogP contribution in [0.2, 0.25) is 0 Å². The summed E-state index contributed by atoms with van der Waals surface area (Å²) in [5, 5.41) is 11.1. The van der Waals surface area contributed by atoms with Crippen LogP contribution in [0.5, 0.6) is 11.5 Å². The SMILES string of the molecule is CN=C(NCc1cc2c(cc1OC)CC(C)O2)NCC(C)c1ccsc1.I. The Morgan fingerprint density at radius 2 is 2.22 bits per heavy atom. The molecule has 27 heavy (non-hydrogen) atoms. The summed E-state index contributed by atoms with van der Waals surface area (Å²) in [5.41, 5.74) is 3.63. The van der Waals surface area contributed by atoms with E-state index in [-0.39, 0.29) is 30.1 Å². The first-order valence-electron chi connectivity index (χ1n) is 8.93. The lowest BCUT2D eigenvalue weighted by molar-refractivity contribution is 0.254. The van der Waals surface area contributed by atoms with E-state index in [1.165, 1.54) is 11.1 Å². The molecular formula is C20H28IN3O2S. The summed E-state index contributed by atoms with van der Waals surface area (Å²) in [6, 6.07) is 6.33. The molecule has 1 aliphatic heterocycles. The molecule has 148 valence electrons. The molecule has 2 atom stereocenters. The van der Waals surface area contributed by atoms with Crippen LogP contribution < -0.4 is 20.1 Å². The van der Waals surface area contributed by atoms with E-state index in [9.17, 15) is 0 Å². The molecule has 0 fully saturated rings. The van der Waals surface area contributed by atoms with Crippen LogP contribution in [-0.4, -0.2) is 32.8 Å². The van der Waals surface area contributed by atoms with Gasteiger partial charge in [0.1, 0.15) is 17.6 Å². The molecule has 2 heterocycles. The summed E-state index contributed by atoms with van der Waals surface area (Å²) in [6.45, 7) is 5.76. The Balaban J connectivity index is 0.00000261. The minimum atomic E-state index is 0. The number of methoxy groups -OCH3 is 1. The van der Waals surface area contributed by atoms with Gasteiger partial charge in [0.2, 0.25) is 0 Å². The molecule has 0 saturated carbocycles. The second-order valence-corrected chi connectivity index (χ2v) is 7.45. The van der Waals surface area contributed by atoms with Gasteiger partial charge in [0, 0.05) is 37.7 Å². The molecule has 7 heteroatoms. The van der Waals surface area contributed by atoms with Crippen LogP contribution in [0.3, 0.4) is 0 Å². The topological polar surface area (TPSA) is 54.9 Å². The summed E-state index contributed by atoms with van der Waals surface area (Å²) in [4.78, 5) is 4.32. The van der Waals surface area contributed by atoms with Gasteiger partial charge in [0.25, 0.3) is 0 Å². The van der Waals surface area contributed by atoms with Crippen LogP contribution in [0.4, 0.5) is 0 Å². The number of fused-ring (bicyclic) bond motifs is 1. The van der Waals surface area contributed by atoms with Crippen molar-refractivity contribution in [2.75, 3.05) is 20.7 Å². The maximum atomic E-state index is 5.87. The quantitative estimate of drug-likeness (QED) is 0.355. The van der Waals surface area contributed by atoms with Crippen LogP contribution in [0.1, 0.15) is 36.5 Å². The zero-order chi connectivity index (χ0) is 18.5. The number of hydrogen-bond donors (Lipinski definition) is 2. The third-order valence-corrected chi connectivity index (χ3v) is 5.36. The van der Waals surface area contributed by atoms with Crippen molar-refractivity contribution in [2.45, 2.75) is 38.8 Å². The van der Waals surface area contributed by atoms with E-state index >= 15 is 0 Å². The first kappa shape index (κ1) is 21.8. The third kappa shape index (κ3) is 5.51. The highest BCUT2D eigenvalue weighted by Gasteiger charge is 2.21. The zero-order valence-electron chi connectivity index (χ0n) is 16.2. The monoisotopic (exact) mass is 501 g/mol. The molecule has 2 unspecified atom stereocenters. The summed E-state index contributed by atoms with van der Waals surface area (Å²) in [5.74, 6) is 3.06. The van der Waals surface area contributed by atoms with E-state index in [2.05, 4.69) is 58.4 Å². The highest BCUT2D eigenvalue weighted by molar-refractivity contribution is 14.0. The minimum absolute atomic E-state index is 0. The first-order chi connectivity index (χ1) is 12.6. The molecule has 0 bridgehead atoms.